The molecule has 0 bridgehead atoms. The summed E-state index contributed by atoms with van der Waals surface area (Å²) < 4.78 is 11.9. The zero-order chi connectivity index (χ0) is 23.2. The fourth-order valence-corrected chi connectivity index (χ4v) is 5.74. The molecule has 0 radical (unpaired) electrons. The molecule has 1 unspecified atom stereocenters. The van der Waals surface area contributed by atoms with E-state index < -0.39 is 41.6 Å². The minimum absolute atomic E-state index is 0.0732. The van der Waals surface area contributed by atoms with Crippen LogP contribution in [0.4, 0.5) is 0 Å². The first-order valence-electron chi connectivity index (χ1n) is 11.6. The fourth-order valence-electron chi connectivity index (χ4n) is 5.74. The van der Waals surface area contributed by atoms with Gasteiger partial charge in [-0.25, -0.2) is 0 Å². The summed E-state index contributed by atoms with van der Waals surface area (Å²) in [4.78, 5) is 44.1. The van der Waals surface area contributed by atoms with Gasteiger partial charge in [0.25, 0.3) is 0 Å². The predicted molar refractivity (Wildman–Crippen MR) is 116 cm³/mol. The van der Waals surface area contributed by atoms with Gasteiger partial charge in [-0.3, -0.25) is 14.4 Å². The number of hydrogen-bond donors (Lipinski definition) is 1. The summed E-state index contributed by atoms with van der Waals surface area (Å²) in [6, 6.07) is -1.55. The molecule has 4 heterocycles. The van der Waals surface area contributed by atoms with E-state index >= 15 is 0 Å². The number of nitrogens with zero attached hydrogens (tertiary/aromatic N) is 2. The van der Waals surface area contributed by atoms with E-state index in [4.69, 9.17) is 9.47 Å². The van der Waals surface area contributed by atoms with Crippen molar-refractivity contribution in [3.05, 3.63) is 24.3 Å². The second-order valence-electron chi connectivity index (χ2n) is 9.92. The number of fused-ring (bicyclic) bond motifs is 2. The minimum atomic E-state index is -1.27. The molecule has 0 aromatic carbocycles. The number of rotatable bonds is 5. The number of esters is 1. The fraction of sp³-hybridized carbons (Fsp3) is 0.708. The first kappa shape index (κ1) is 23.0. The molecule has 176 valence electrons. The van der Waals surface area contributed by atoms with Crippen molar-refractivity contribution in [2.24, 2.45) is 17.8 Å². The summed E-state index contributed by atoms with van der Waals surface area (Å²) in [6.45, 7) is 8.28. The van der Waals surface area contributed by atoms with Crippen LogP contribution >= 0.6 is 0 Å². The molecular weight excluding hydrogens is 412 g/mol. The number of likely N-dealkylation sites (tertiary alicyclic amines) is 1. The Morgan fingerprint density at radius 3 is 2.56 bits per heavy atom. The molecule has 1 spiro atoms. The number of aliphatic hydroxyl groups excluding tert-OH is 1. The van der Waals surface area contributed by atoms with Gasteiger partial charge in [-0.2, -0.15) is 0 Å². The van der Waals surface area contributed by atoms with Gasteiger partial charge in [0.15, 0.2) is 0 Å². The van der Waals surface area contributed by atoms with Gasteiger partial charge in [-0.1, -0.05) is 38.2 Å². The van der Waals surface area contributed by atoms with Crippen molar-refractivity contribution in [1.82, 2.24) is 9.80 Å². The standard InChI is InChI=1S/C24H34N2O6/c1-14(2)12-16(13-27)26-20-22(29)25(15(3)4)10-7-9-24(20)19(21(26)28)18-17(32-24)8-5-6-11-31-23(18)30/h5,7-9,14-20,27H,6,10-13H2,1-4H3/t16-,17-,18+,19+,20?,24+/m1/s1. The van der Waals surface area contributed by atoms with Gasteiger partial charge < -0.3 is 24.4 Å². The quantitative estimate of drug-likeness (QED) is 0.505. The van der Waals surface area contributed by atoms with Crippen molar-refractivity contribution >= 4 is 17.8 Å². The second kappa shape index (κ2) is 8.63. The largest absolute Gasteiger partial charge is 0.465 e. The number of ether oxygens (including phenoxy) is 2. The molecule has 0 aromatic rings. The molecule has 32 heavy (non-hydrogen) atoms. The Morgan fingerprint density at radius 2 is 1.91 bits per heavy atom. The van der Waals surface area contributed by atoms with Gasteiger partial charge in [0.05, 0.1) is 31.3 Å². The first-order valence-corrected chi connectivity index (χ1v) is 11.6. The normalized spacial score (nSPS) is 35.4. The maximum absolute atomic E-state index is 14.0. The lowest BCUT2D eigenvalue weighted by molar-refractivity contribution is -0.157. The molecule has 4 aliphatic rings. The molecule has 1 N–H and O–H groups in total. The van der Waals surface area contributed by atoms with Crippen molar-refractivity contribution in [3.63, 3.8) is 0 Å². The van der Waals surface area contributed by atoms with E-state index in [2.05, 4.69) is 0 Å². The van der Waals surface area contributed by atoms with Crippen molar-refractivity contribution < 1.29 is 29.0 Å². The lowest BCUT2D eigenvalue weighted by atomic mass is 9.77. The Morgan fingerprint density at radius 1 is 1.16 bits per heavy atom. The summed E-state index contributed by atoms with van der Waals surface area (Å²) in [5, 5.41) is 10.2. The highest BCUT2D eigenvalue weighted by Gasteiger charge is 2.72. The van der Waals surface area contributed by atoms with Crippen molar-refractivity contribution in [3.8, 4) is 0 Å². The molecule has 2 fully saturated rings. The number of amides is 2. The number of carbonyl (C=O) groups is 3. The summed E-state index contributed by atoms with van der Waals surface area (Å²) >= 11 is 0. The smallest absolute Gasteiger partial charge is 0.312 e. The number of aliphatic hydroxyl groups is 1. The zero-order valence-electron chi connectivity index (χ0n) is 19.3. The summed E-state index contributed by atoms with van der Waals surface area (Å²) in [6.07, 6.45) is 7.89. The van der Waals surface area contributed by atoms with E-state index in [1.807, 2.05) is 52.0 Å². The lowest BCUT2D eigenvalue weighted by Crippen LogP contribution is -2.59. The second-order valence-corrected chi connectivity index (χ2v) is 9.92. The number of carbonyl (C=O) groups excluding carboxylic acids is 3. The van der Waals surface area contributed by atoms with Crippen molar-refractivity contribution in [2.75, 3.05) is 19.8 Å². The molecule has 4 aliphatic heterocycles. The van der Waals surface area contributed by atoms with Crippen molar-refractivity contribution in [1.29, 1.82) is 0 Å². The highest BCUT2D eigenvalue weighted by molar-refractivity contribution is 5.99. The molecule has 0 aliphatic carbocycles. The van der Waals surface area contributed by atoms with Crippen LogP contribution in [0, 0.1) is 17.8 Å². The Hall–Kier alpha value is -2.19. The number of hydrogen-bond acceptors (Lipinski definition) is 6. The average molecular weight is 447 g/mol. The van der Waals surface area contributed by atoms with Gasteiger partial charge in [-0.05, 0) is 32.6 Å². The van der Waals surface area contributed by atoms with E-state index in [9.17, 15) is 19.5 Å². The van der Waals surface area contributed by atoms with Gasteiger partial charge in [0, 0.05) is 12.6 Å². The van der Waals surface area contributed by atoms with Gasteiger partial charge in [0.2, 0.25) is 11.8 Å². The van der Waals surface area contributed by atoms with Crippen LogP contribution in [0.25, 0.3) is 0 Å². The van der Waals surface area contributed by atoms with Crippen LogP contribution < -0.4 is 0 Å². The maximum atomic E-state index is 14.0. The molecule has 0 aromatic heterocycles. The highest BCUT2D eigenvalue weighted by Crippen LogP contribution is 2.54. The van der Waals surface area contributed by atoms with Crippen molar-refractivity contribution in [2.45, 2.75) is 70.4 Å². The van der Waals surface area contributed by atoms with Crippen LogP contribution in [0.5, 0.6) is 0 Å². The monoisotopic (exact) mass is 446 g/mol. The topological polar surface area (TPSA) is 96.4 Å². The molecule has 4 rings (SSSR count). The van der Waals surface area contributed by atoms with E-state index in [1.165, 1.54) is 4.90 Å². The van der Waals surface area contributed by atoms with E-state index in [-0.39, 0.29) is 37.0 Å². The van der Waals surface area contributed by atoms with Crippen LogP contribution in [0.1, 0.15) is 40.5 Å². The maximum Gasteiger partial charge on any atom is 0.312 e. The zero-order valence-corrected chi connectivity index (χ0v) is 19.3. The Balaban J connectivity index is 1.86. The summed E-state index contributed by atoms with van der Waals surface area (Å²) in [5.74, 6) is -2.50. The van der Waals surface area contributed by atoms with Gasteiger partial charge in [0.1, 0.15) is 17.6 Å². The van der Waals surface area contributed by atoms with Crippen LogP contribution in [-0.4, -0.2) is 82.3 Å². The average Bonchev–Trinajstić information content (AvgIpc) is 3.10. The molecule has 6 atom stereocenters. The molecule has 8 heteroatoms. The SMILES string of the molecule is CC(C)C[C@H](CO)N1C(=O)[C@@H]2[C@H]3C(=O)OCCC=C[C@H]3O[C@@]23C=CCN(C(C)C)C(=O)C13. The third-order valence-corrected chi connectivity index (χ3v) is 7.06. The van der Waals surface area contributed by atoms with Crippen LogP contribution in [0.2, 0.25) is 0 Å². The van der Waals surface area contributed by atoms with E-state index in [0.29, 0.717) is 19.4 Å². The third kappa shape index (κ3) is 3.48. The number of cyclic esters (lactones) is 1. The van der Waals surface area contributed by atoms with Crippen LogP contribution in [0.3, 0.4) is 0 Å². The van der Waals surface area contributed by atoms with E-state index in [0.717, 1.165) is 0 Å². The molecule has 2 saturated heterocycles. The molecule has 2 amide bonds. The Bertz CT molecular complexity index is 836. The van der Waals surface area contributed by atoms with Gasteiger partial charge >= 0.3 is 5.97 Å². The summed E-state index contributed by atoms with van der Waals surface area (Å²) in [5.41, 5.74) is -1.27. The highest BCUT2D eigenvalue weighted by atomic mass is 16.6. The first-order chi connectivity index (χ1) is 15.2. The van der Waals surface area contributed by atoms with Gasteiger partial charge in [-0.15, -0.1) is 0 Å². The van der Waals surface area contributed by atoms with Crippen LogP contribution in [-0.2, 0) is 23.9 Å². The Kier molecular flexibility index (Phi) is 6.20. The van der Waals surface area contributed by atoms with Crippen LogP contribution in [0.15, 0.2) is 24.3 Å². The Labute approximate surface area is 189 Å². The molecular formula is C24H34N2O6. The predicted octanol–water partition coefficient (Wildman–Crippen LogP) is 1.28. The molecule has 8 nitrogen and oxygen atoms in total. The van der Waals surface area contributed by atoms with E-state index in [1.54, 1.807) is 4.90 Å². The third-order valence-electron chi connectivity index (χ3n) is 7.06. The molecule has 0 saturated carbocycles. The minimum Gasteiger partial charge on any atom is -0.465 e. The summed E-state index contributed by atoms with van der Waals surface area (Å²) in [7, 11) is 0. The lowest BCUT2D eigenvalue weighted by Gasteiger charge is -2.39.